The number of rotatable bonds is 10. The Hall–Kier alpha value is -1.94. The minimum absolute atomic E-state index is 0.693. The van der Waals surface area contributed by atoms with Gasteiger partial charge in [-0.2, -0.15) is 4.31 Å². The molecular weight excluding hydrogens is 599 g/mol. The number of phosphoric ester groups is 2. The highest BCUT2D eigenvalue weighted by Gasteiger charge is 2.57. The highest BCUT2D eigenvalue weighted by Crippen LogP contribution is 2.61. The van der Waals surface area contributed by atoms with Crippen LogP contribution in [0.1, 0.15) is 13.2 Å². The van der Waals surface area contributed by atoms with Gasteiger partial charge in [-0.25, -0.2) is 18.3 Å². The molecule has 0 aliphatic carbocycles. The number of aliphatic hydroxyl groups excluding tert-OH is 5. The Bertz CT molecular complexity index is 1290. The summed E-state index contributed by atoms with van der Waals surface area (Å²) in [7, 11) is -11.5. The Morgan fingerprint density at radius 2 is 1.82 bits per heavy atom. The van der Waals surface area contributed by atoms with Gasteiger partial charge in [0.2, 0.25) is 5.91 Å². The third-order valence-corrected chi connectivity index (χ3v) is 8.23. The summed E-state index contributed by atoms with van der Waals surface area (Å²) in [5, 5.41) is 51.4. The average molecular weight is 625 g/mol. The predicted molar refractivity (Wildman–Crippen MR) is 120 cm³/mol. The molecule has 1 aromatic heterocycles. The first-order valence-electron chi connectivity index (χ1n) is 11.0. The van der Waals surface area contributed by atoms with E-state index in [1.54, 1.807) is 0 Å². The number of ether oxygens (including phenoxy) is 2. The Morgan fingerprint density at radius 1 is 1.18 bits per heavy atom. The molecule has 11 atom stereocenters. The van der Waals surface area contributed by atoms with Crippen LogP contribution in [-0.4, -0.2) is 113 Å². The maximum atomic E-state index is 14.7. The number of hydrogen-bond acceptors (Lipinski definition) is 15. The first-order valence-corrected chi connectivity index (χ1v) is 14.0. The molecule has 2 aliphatic rings. The second-order valence-electron chi connectivity index (χ2n) is 8.58. The summed E-state index contributed by atoms with van der Waals surface area (Å²) >= 11 is 0. The molecule has 9 N–H and O–H groups in total. The van der Waals surface area contributed by atoms with Gasteiger partial charge in [0.05, 0.1) is 6.61 Å². The van der Waals surface area contributed by atoms with Crippen LogP contribution in [0, 0.1) is 0 Å². The molecule has 3 heterocycles. The van der Waals surface area contributed by atoms with Gasteiger partial charge in [0.1, 0.15) is 43.2 Å². The summed E-state index contributed by atoms with van der Waals surface area (Å²) in [5.41, 5.74) is -1.80. The quantitative estimate of drug-likeness (QED) is 0.111. The molecule has 0 spiro atoms. The number of halogens is 1. The van der Waals surface area contributed by atoms with Crippen LogP contribution in [0.2, 0.25) is 0 Å². The van der Waals surface area contributed by atoms with Gasteiger partial charge in [-0.15, -0.1) is 0 Å². The van der Waals surface area contributed by atoms with Gasteiger partial charge in [-0.1, -0.05) is 0 Å². The Morgan fingerprint density at radius 3 is 2.40 bits per heavy atom. The molecule has 40 heavy (non-hydrogen) atoms. The highest BCUT2D eigenvalue weighted by molar-refractivity contribution is 7.61. The normalized spacial score (nSPS) is 37.4. The number of amides is 1. The zero-order chi connectivity index (χ0) is 30.2. The lowest BCUT2D eigenvalue weighted by molar-refractivity contribution is -0.340. The number of nitrogens with zero attached hydrogens (tertiary/aromatic N) is 1. The number of aliphatic hydroxyl groups is 5. The van der Waals surface area contributed by atoms with Crippen molar-refractivity contribution in [2.75, 3.05) is 13.2 Å². The molecule has 3 rings (SSSR count). The van der Waals surface area contributed by atoms with E-state index in [9.17, 15) is 63.2 Å². The molecule has 0 radical (unpaired) electrons. The maximum absolute atomic E-state index is 14.7. The van der Waals surface area contributed by atoms with E-state index in [1.807, 2.05) is 10.3 Å². The molecule has 0 saturated carbocycles. The van der Waals surface area contributed by atoms with Gasteiger partial charge in [0.15, 0.2) is 12.5 Å². The summed E-state index contributed by atoms with van der Waals surface area (Å²) in [4.78, 5) is 56.3. The topological polar surface area (TPSA) is 306 Å². The summed E-state index contributed by atoms with van der Waals surface area (Å²) < 4.78 is 63.0. The smallest absolute Gasteiger partial charge is 0.390 e. The number of aromatic amines is 1. The molecule has 20 nitrogen and oxygen atoms in total. The molecule has 23 heteroatoms. The first-order chi connectivity index (χ1) is 18.4. The molecular formula is C17H26FN3O17P2. The fourth-order valence-electron chi connectivity index (χ4n) is 3.75. The fourth-order valence-corrected chi connectivity index (χ4v) is 5.91. The third-order valence-electron chi connectivity index (χ3n) is 5.63. The summed E-state index contributed by atoms with van der Waals surface area (Å²) in [5.74, 6) is -4.40. The molecule has 1 amide bonds. The van der Waals surface area contributed by atoms with Crippen LogP contribution in [0.25, 0.3) is 0 Å². The number of nitrogens with one attached hydrogen (secondary N) is 2. The van der Waals surface area contributed by atoms with Gasteiger partial charge < -0.3 is 50.1 Å². The van der Waals surface area contributed by atoms with Crippen LogP contribution in [0.4, 0.5) is 4.39 Å². The first kappa shape index (κ1) is 32.6. The molecule has 0 bridgehead atoms. The van der Waals surface area contributed by atoms with Crippen molar-refractivity contribution in [2.24, 2.45) is 0 Å². The number of aromatic nitrogens is 2. The summed E-state index contributed by atoms with van der Waals surface area (Å²) in [6.45, 7) is -1.80. The van der Waals surface area contributed by atoms with Crippen LogP contribution in [0.3, 0.4) is 0 Å². The lowest BCUT2D eigenvalue weighted by atomic mass is 9.95. The standard InChI is InChI=1S/C17H26FN3O17P2/c1-6(23)19-9-11(26)13(28)17(18,5-22)36-15(9)37-40(32,33)38-39(30,31)34-4-7-10(25)12(27)14(35-7)21-3-2-8(24)20-16(21)29/h2-3,7,9-15,22,25-28H,4-5H2,1H3,(H,19,23)(H,30,31)(H,32,33)(H,20,24,29)/t7-,9-,10-,11-,12-,13+,14-,15-,17-/m1/s1. The van der Waals surface area contributed by atoms with E-state index in [4.69, 9.17) is 4.74 Å². The molecule has 2 aliphatic heterocycles. The second kappa shape index (κ2) is 12.1. The van der Waals surface area contributed by atoms with Gasteiger partial charge >= 0.3 is 21.3 Å². The number of H-pyrrole nitrogens is 1. The van der Waals surface area contributed by atoms with Crippen molar-refractivity contribution in [1.82, 2.24) is 14.9 Å². The minimum Gasteiger partial charge on any atom is -0.390 e. The van der Waals surface area contributed by atoms with Gasteiger partial charge in [0, 0.05) is 19.2 Å². The van der Waals surface area contributed by atoms with E-state index in [0.29, 0.717) is 4.57 Å². The van der Waals surface area contributed by atoms with E-state index in [1.165, 1.54) is 0 Å². The minimum atomic E-state index is -5.82. The number of carbonyl (C=O) groups is 1. The Balaban J connectivity index is 1.68. The van der Waals surface area contributed by atoms with Gasteiger partial charge in [-0.05, 0) is 0 Å². The van der Waals surface area contributed by atoms with Crippen molar-refractivity contribution < 1.29 is 76.5 Å². The van der Waals surface area contributed by atoms with E-state index < -0.39 is 101 Å². The van der Waals surface area contributed by atoms with Crippen molar-refractivity contribution in [3.05, 3.63) is 33.1 Å². The monoisotopic (exact) mass is 625 g/mol. The Labute approximate surface area is 221 Å². The number of hydrogen-bond donors (Lipinski definition) is 9. The largest absolute Gasteiger partial charge is 0.483 e. The van der Waals surface area contributed by atoms with E-state index in [0.717, 1.165) is 19.2 Å². The zero-order valence-electron chi connectivity index (χ0n) is 20.1. The molecule has 228 valence electrons. The zero-order valence-corrected chi connectivity index (χ0v) is 21.9. The van der Waals surface area contributed by atoms with E-state index in [2.05, 4.69) is 18.1 Å². The maximum Gasteiger partial charge on any atom is 0.483 e. The fraction of sp³-hybridized carbons (Fsp3) is 0.706. The van der Waals surface area contributed by atoms with Crippen LogP contribution >= 0.6 is 15.6 Å². The predicted octanol–water partition coefficient (Wildman–Crippen LogP) is -4.35. The lowest BCUT2D eigenvalue weighted by Crippen LogP contribution is -2.68. The van der Waals surface area contributed by atoms with Gasteiger partial charge in [-0.3, -0.25) is 28.2 Å². The van der Waals surface area contributed by atoms with Crippen molar-refractivity contribution in [1.29, 1.82) is 0 Å². The van der Waals surface area contributed by atoms with E-state index in [-0.39, 0.29) is 0 Å². The SMILES string of the molecule is CC(=O)N[C@H]1[C@@H](OP(=O)(O)OP(=O)(O)OC[C@H]2O[C@@H](n3ccc(=O)[nH]c3=O)[C@H](O)[C@@H]2O)O[C@](F)(CO)[C@@H](O)[C@@H]1O. The summed E-state index contributed by atoms with van der Waals surface area (Å²) in [6, 6.07) is -1.05. The Kier molecular flexibility index (Phi) is 9.87. The highest BCUT2D eigenvalue weighted by atomic mass is 31.3. The van der Waals surface area contributed by atoms with Crippen LogP contribution in [-0.2, 0) is 36.8 Å². The third kappa shape index (κ3) is 7.27. The molecule has 1 aromatic rings. The summed E-state index contributed by atoms with van der Waals surface area (Å²) in [6.07, 6.45) is -13.2. The molecule has 2 unspecified atom stereocenters. The molecule has 2 saturated heterocycles. The van der Waals surface area contributed by atoms with Gasteiger partial charge in [0.25, 0.3) is 11.4 Å². The lowest BCUT2D eigenvalue weighted by Gasteiger charge is -2.44. The number of phosphoric acid groups is 2. The van der Waals surface area contributed by atoms with Crippen molar-refractivity contribution in [3.8, 4) is 0 Å². The van der Waals surface area contributed by atoms with E-state index >= 15 is 0 Å². The number of alkyl halides is 1. The van der Waals surface area contributed by atoms with Crippen molar-refractivity contribution in [3.63, 3.8) is 0 Å². The molecule has 0 aromatic carbocycles. The van der Waals surface area contributed by atoms with Crippen LogP contribution in [0.5, 0.6) is 0 Å². The van der Waals surface area contributed by atoms with Crippen LogP contribution < -0.4 is 16.6 Å². The van der Waals surface area contributed by atoms with Crippen molar-refractivity contribution in [2.45, 2.75) is 61.9 Å². The van der Waals surface area contributed by atoms with Crippen molar-refractivity contribution >= 4 is 21.6 Å². The average Bonchev–Trinajstić information content (AvgIpc) is 3.11. The van der Waals surface area contributed by atoms with Crippen LogP contribution in [0.15, 0.2) is 21.9 Å². The molecule has 2 fully saturated rings. The second-order valence-corrected chi connectivity index (χ2v) is 11.6. The number of carbonyl (C=O) groups excluding carboxylic acids is 1.